The van der Waals surface area contributed by atoms with Crippen LogP contribution < -0.4 is 15.4 Å². The number of carbonyl (C=O) groups excluding carboxylic acids is 2. The Labute approximate surface area is 131 Å². The highest BCUT2D eigenvalue weighted by molar-refractivity contribution is 5.94. The summed E-state index contributed by atoms with van der Waals surface area (Å²) < 4.78 is 5.51. The number of carbonyl (C=O) groups is 2. The molecule has 21 heavy (non-hydrogen) atoms. The number of halogens is 1. The minimum absolute atomic E-state index is 0. The molecule has 0 bridgehead atoms. The van der Waals surface area contributed by atoms with Crippen LogP contribution in [-0.2, 0) is 4.79 Å². The van der Waals surface area contributed by atoms with E-state index in [-0.39, 0.29) is 24.1 Å². The summed E-state index contributed by atoms with van der Waals surface area (Å²) in [5, 5.41) is 5.77. The van der Waals surface area contributed by atoms with Gasteiger partial charge in [-0.25, -0.2) is 0 Å². The van der Waals surface area contributed by atoms with Crippen LogP contribution in [0.4, 0.5) is 0 Å². The molecular weight excluding hydrogens is 292 g/mol. The predicted molar refractivity (Wildman–Crippen MR) is 85.4 cm³/mol. The number of benzene rings is 1. The third-order valence-corrected chi connectivity index (χ3v) is 2.77. The summed E-state index contributed by atoms with van der Waals surface area (Å²) >= 11 is 0. The van der Waals surface area contributed by atoms with Crippen LogP contribution in [0.15, 0.2) is 24.3 Å². The van der Waals surface area contributed by atoms with Crippen molar-refractivity contribution >= 4 is 24.1 Å². The van der Waals surface area contributed by atoms with Crippen LogP contribution in [0.25, 0.3) is 0 Å². The lowest BCUT2D eigenvalue weighted by Gasteiger charge is -2.07. The van der Waals surface area contributed by atoms with E-state index in [0.29, 0.717) is 37.3 Å². The molecule has 0 spiro atoms. The molecule has 0 atom stereocenters. The Kier molecular flexibility index (Phi) is 10.3. The smallest absolute Gasteiger partial charge is 0.220 e. The maximum Gasteiger partial charge on any atom is 0.220 e. The van der Waals surface area contributed by atoms with Crippen LogP contribution >= 0.6 is 12.4 Å². The number of Topliss-reactive ketones (excluding diaryl/α,β-unsaturated/α-hetero) is 1. The van der Waals surface area contributed by atoms with Gasteiger partial charge in [-0.1, -0.05) is 0 Å². The lowest BCUT2D eigenvalue weighted by molar-refractivity contribution is -0.121. The molecule has 0 aromatic heterocycles. The summed E-state index contributed by atoms with van der Waals surface area (Å²) in [6, 6.07) is 7.01. The van der Waals surface area contributed by atoms with Gasteiger partial charge in [-0.15, -0.1) is 12.4 Å². The number of ketones is 1. The van der Waals surface area contributed by atoms with E-state index in [1.807, 2.05) is 7.05 Å². The Morgan fingerprint density at radius 2 is 1.81 bits per heavy atom. The summed E-state index contributed by atoms with van der Waals surface area (Å²) in [4.78, 5) is 22.5. The van der Waals surface area contributed by atoms with Crippen molar-refractivity contribution in [3.05, 3.63) is 29.8 Å². The average molecular weight is 315 g/mol. The fourth-order valence-corrected chi connectivity index (χ4v) is 1.62. The van der Waals surface area contributed by atoms with E-state index in [1.165, 1.54) is 6.92 Å². The molecule has 0 unspecified atom stereocenters. The van der Waals surface area contributed by atoms with Crippen LogP contribution in [-0.4, -0.2) is 38.4 Å². The van der Waals surface area contributed by atoms with Gasteiger partial charge in [-0.2, -0.15) is 0 Å². The van der Waals surface area contributed by atoms with Gasteiger partial charge in [0.15, 0.2) is 5.78 Å². The molecule has 1 rings (SSSR count). The minimum atomic E-state index is 0. The summed E-state index contributed by atoms with van der Waals surface area (Å²) in [5.41, 5.74) is 0.668. The first-order valence-corrected chi connectivity index (χ1v) is 6.78. The van der Waals surface area contributed by atoms with Crippen molar-refractivity contribution in [1.82, 2.24) is 10.6 Å². The van der Waals surface area contributed by atoms with Crippen molar-refractivity contribution in [2.75, 3.05) is 26.7 Å². The van der Waals surface area contributed by atoms with Crippen LogP contribution in [0, 0.1) is 0 Å². The zero-order valence-electron chi connectivity index (χ0n) is 12.5. The van der Waals surface area contributed by atoms with Crippen molar-refractivity contribution in [3.8, 4) is 5.75 Å². The van der Waals surface area contributed by atoms with Gasteiger partial charge in [-0.3, -0.25) is 9.59 Å². The summed E-state index contributed by atoms with van der Waals surface area (Å²) in [7, 11) is 1.84. The molecule has 0 aliphatic carbocycles. The molecule has 6 heteroatoms. The number of ether oxygens (including phenoxy) is 1. The second kappa shape index (κ2) is 11.1. The van der Waals surface area contributed by atoms with Gasteiger partial charge in [0.2, 0.25) is 5.91 Å². The van der Waals surface area contributed by atoms with E-state index in [9.17, 15) is 9.59 Å². The van der Waals surface area contributed by atoms with Crippen LogP contribution in [0.3, 0.4) is 0 Å². The van der Waals surface area contributed by atoms with E-state index in [0.717, 1.165) is 6.54 Å². The molecule has 1 aromatic rings. The molecule has 0 saturated heterocycles. The second-order valence-corrected chi connectivity index (χ2v) is 4.49. The van der Waals surface area contributed by atoms with Crippen molar-refractivity contribution in [3.63, 3.8) is 0 Å². The molecule has 1 amide bonds. The van der Waals surface area contributed by atoms with Gasteiger partial charge in [0.25, 0.3) is 0 Å². The fraction of sp³-hybridized carbons (Fsp3) is 0.467. The number of likely N-dealkylation sites (N-methyl/N-ethyl adjacent to an activating group) is 1. The number of amides is 1. The maximum absolute atomic E-state index is 11.4. The molecule has 0 heterocycles. The van der Waals surface area contributed by atoms with Gasteiger partial charge in [0.1, 0.15) is 5.75 Å². The Hall–Kier alpha value is -1.59. The van der Waals surface area contributed by atoms with Crippen molar-refractivity contribution < 1.29 is 14.3 Å². The zero-order chi connectivity index (χ0) is 14.8. The molecule has 0 aliphatic heterocycles. The molecular formula is C15H23ClN2O3. The number of rotatable bonds is 9. The third-order valence-electron chi connectivity index (χ3n) is 2.77. The maximum atomic E-state index is 11.4. The molecule has 5 nitrogen and oxygen atoms in total. The quantitative estimate of drug-likeness (QED) is 0.539. The average Bonchev–Trinajstić information content (AvgIpc) is 2.44. The fourth-order valence-electron chi connectivity index (χ4n) is 1.62. The number of nitrogens with one attached hydrogen (secondary N) is 2. The van der Waals surface area contributed by atoms with Crippen LogP contribution in [0.5, 0.6) is 5.75 Å². The van der Waals surface area contributed by atoms with E-state index >= 15 is 0 Å². The van der Waals surface area contributed by atoms with Gasteiger partial charge >= 0.3 is 0 Å². The highest BCUT2D eigenvalue weighted by atomic mass is 35.5. The molecule has 118 valence electrons. The molecule has 0 saturated carbocycles. The standard InChI is InChI=1S/C15H22N2O3.ClH/c1-12(18)13-5-7-14(8-6-13)20-11-3-4-15(19)17-10-9-16-2;/h5-8,16H,3-4,9-11H2,1-2H3,(H,17,19);1H. The topological polar surface area (TPSA) is 67.4 Å². The first-order chi connectivity index (χ1) is 9.63. The summed E-state index contributed by atoms with van der Waals surface area (Å²) in [5.74, 6) is 0.788. The van der Waals surface area contributed by atoms with Crippen LogP contribution in [0.1, 0.15) is 30.1 Å². The monoisotopic (exact) mass is 314 g/mol. The first kappa shape index (κ1) is 19.4. The Bertz CT molecular complexity index is 435. The molecule has 0 radical (unpaired) electrons. The van der Waals surface area contributed by atoms with Crippen molar-refractivity contribution in [2.45, 2.75) is 19.8 Å². The van der Waals surface area contributed by atoms with Crippen LogP contribution in [0.2, 0.25) is 0 Å². The number of hydrogen-bond donors (Lipinski definition) is 2. The van der Waals surface area contributed by atoms with E-state index in [2.05, 4.69) is 10.6 Å². The summed E-state index contributed by atoms with van der Waals surface area (Å²) in [6.45, 7) is 3.43. The molecule has 0 fully saturated rings. The lowest BCUT2D eigenvalue weighted by atomic mass is 10.1. The van der Waals surface area contributed by atoms with Crippen molar-refractivity contribution in [2.24, 2.45) is 0 Å². The highest BCUT2D eigenvalue weighted by Crippen LogP contribution is 2.12. The minimum Gasteiger partial charge on any atom is -0.494 e. The Morgan fingerprint density at radius 3 is 2.38 bits per heavy atom. The van der Waals surface area contributed by atoms with Crippen molar-refractivity contribution in [1.29, 1.82) is 0 Å². The highest BCUT2D eigenvalue weighted by Gasteiger charge is 2.02. The Balaban J connectivity index is 0.00000400. The largest absolute Gasteiger partial charge is 0.494 e. The van der Waals surface area contributed by atoms with E-state index in [1.54, 1.807) is 24.3 Å². The predicted octanol–water partition coefficient (Wildman–Crippen LogP) is 1.81. The Morgan fingerprint density at radius 1 is 1.14 bits per heavy atom. The van der Waals surface area contributed by atoms with Gasteiger partial charge in [-0.05, 0) is 44.7 Å². The first-order valence-electron chi connectivity index (χ1n) is 6.78. The van der Waals surface area contributed by atoms with Gasteiger partial charge in [0.05, 0.1) is 6.61 Å². The van der Waals surface area contributed by atoms with Gasteiger partial charge < -0.3 is 15.4 Å². The van der Waals surface area contributed by atoms with Gasteiger partial charge in [0, 0.05) is 25.1 Å². The second-order valence-electron chi connectivity index (χ2n) is 4.49. The summed E-state index contributed by atoms with van der Waals surface area (Å²) in [6.07, 6.45) is 1.12. The SMILES string of the molecule is CNCCNC(=O)CCCOc1ccc(C(C)=O)cc1.Cl. The molecule has 1 aromatic carbocycles. The third kappa shape index (κ3) is 8.32. The lowest BCUT2D eigenvalue weighted by Crippen LogP contribution is -2.30. The van der Waals surface area contributed by atoms with E-state index < -0.39 is 0 Å². The normalized spacial score (nSPS) is 9.62. The van der Waals surface area contributed by atoms with E-state index in [4.69, 9.17) is 4.74 Å². The zero-order valence-corrected chi connectivity index (χ0v) is 13.3. The molecule has 2 N–H and O–H groups in total. The molecule has 0 aliphatic rings. The number of hydrogen-bond acceptors (Lipinski definition) is 4.